The average molecular weight is 269 g/mol. The van der Waals surface area contributed by atoms with E-state index < -0.39 is 0 Å². The number of rotatable bonds is 4. The third-order valence-corrected chi connectivity index (χ3v) is 3.49. The van der Waals surface area contributed by atoms with Crippen molar-refractivity contribution in [2.45, 2.75) is 11.8 Å². The summed E-state index contributed by atoms with van der Waals surface area (Å²) in [6.07, 6.45) is 0. The number of carbonyl (C=O) groups excluding carboxylic acids is 1. The number of amides is 1. The van der Waals surface area contributed by atoms with Crippen molar-refractivity contribution in [1.82, 2.24) is 0 Å². The van der Waals surface area contributed by atoms with Crippen molar-refractivity contribution in [2.75, 3.05) is 5.32 Å². The third-order valence-electron chi connectivity index (χ3n) is 2.55. The lowest BCUT2D eigenvalue weighted by Crippen LogP contribution is -2.11. The number of hydrogen-bond acceptors (Lipinski definition) is 2. The van der Waals surface area contributed by atoms with Gasteiger partial charge < -0.3 is 5.32 Å². The van der Waals surface area contributed by atoms with Gasteiger partial charge in [-0.3, -0.25) is 4.79 Å². The maximum Gasteiger partial charge on any atom is 0.261 e. The normalized spacial score (nSPS) is 9.95. The molecule has 3 heteroatoms. The van der Waals surface area contributed by atoms with E-state index in [4.69, 9.17) is 0 Å². The van der Waals surface area contributed by atoms with E-state index in [2.05, 4.69) is 11.9 Å². The van der Waals surface area contributed by atoms with Gasteiger partial charge in [-0.1, -0.05) is 54.2 Å². The summed E-state index contributed by atoms with van der Waals surface area (Å²) in [4.78, 5) is 13.5. The van der Waals surface area contributed by atoms with Crippen LogP contribution in [0.15, 0.2) is 71.0 Å². The Morgan fingerprint density at radius 2 is 1.68 bits per heavy atom. The van der Waals surface area contributed by atoms with Crippen LogP contribution < -0.4 is 5.32 Å². The molecular formula is C16H15NOS. The maximum absolute atomic E-state index is 12.0. The van der Waals surface area contributed by atoms with E-state index in [-0.39, 0.29) is 5.91 Å². The molecule has 1 N–H and O–H groups in total. The molecule has 96 valence electrons. The molecule has 0 aromatic heterocycles. The molecule has 2 aromatic rings. The van der Waals surface area contributed by atoms with E-state index in [9.17, 15) is 4.79 Å². The highest BCUT2D eigenvalue weighted by atomic mass is 32.2. The predicted octanol–water partition coefficient (Wildman–Crippen LogP) is 4.24. The number of thioether (sulfide) groups is 1. The Bertz CT molecular complexity index is 575. The maximum atomic E-state index is 12.0. The Balaban J connectivity index is 1.96. The number of nitrogens with one attached hydrogen (secondary N) is 1. The Morgan fingerprint density at radius 3 is 2.32 bits per heavy atom. The molecule has 2 nitrogen and oxygen atoms in total. The molecule has 0 aliphatic rings. The van der Waals surface area contributed by atoms with Crippen molar-refractivity contribution < 1.29 is 4.79 Å². The van der Waals surface area contributed by atoms with E-state index in [0.29, 0.717) is 4.91 Å². The van der Waals surface area contributed by atoms with Crippen LogP contribution in [0.3, 0.4) is 0 Å². The fraction of sp³-hybridized carbons (Fsp3) is 0.0625. The standard InChI is InChI=1S/C16H15NOS/c1-12-8-10-14(11-9-12)17-16(18)13(2)19-15-6-4-3-5-7-15/h3-11H,2H2,1H3,(H,17,18). The molecule has 0 saturated heterocycles. The molecule has 0 fully saturated rings. The van der Waals surface area contributed by atoms with Crippen molar-refractivity contribution in [2.24, 2.45) is 0 Å². The lowest BCUT2D eigenvalue weighted by atomic mass is 10.2. The average Bonchev–Trinajstić information content (AvgIpc) is 2.42. The molecule has 0 spiro atoms. The first-order chi connectivity index (χ1) is 9.15. The van der Waals surface area contributed by atoms with Crippen LogP contribution in [0.1, 0.15) is 5.56 Å². The van der Waals surface area contributed by atoms with Crippen LogP contribution >= 0.6 is 11.8 Å². The lowest BCUT2D eigenvalue weighted by molar-refractivity contribution is -0.112. The second kappa shape index (κ2) is 6.25. The first kappa shape index (κ1) is 13.4. The minimum atomic E-state index is -0.169. The van der Waals surface area contributed by atoms with Gasteiger partial charge in [-0.15, -0.1) is 0 Å². The summed E-state index contributed by atoms with van der Waals surface area (Å²) in [5.41, 5.74) is 1.95. The molecule has 1 amide bonds. The van der Waals surface area contributed by atoms with Gasteiger partial charge in [0.25, 0.3) is 5.91 Å². The highest BCUT2D eigenvalue weighted by molar-refractivity contribution is 8.04. The fourth-order valence-corrected chi connectivity index (χ4v) is 2.24. The zero-order valence-electron chi connectivity index (χ0n) is 10.7. The van der Waals surface area contributed by atoms with Gasteiger partial charge in [-0.05, 0) is 31.2 Å². The van der Waals surface area contributed by atoms with Crippen molar-refractivity contribution in [3.63, 3.8) is 0 Å². The van der Waals surface area contributed by atoms with E-state index in [1.807, 2.05) is 61.5 Å². The van der Waals surface area contributed by atoms with Crippen molar-refractivity contribution >= 4 is 23.4 Å². The lowest BCUT2D eigenvalue weighted by Gasteiger charge is -2.07. The topological polar surface area (TPSA) is 29.1 Å². The van der Waals surface area contributed by atoms with Crippen LogP contribution in [0.5, 0.6) is 0 Å². The van der Waals surface area contributed by atoms with Gasteiger partial charge in [-0.25, -0.2) is 0 Å². The van der Waals surface area contributed by atoms with Gasteiger partial charge in [0.15, 0.2) is 0 Å². The van der Waals surface area contributed by atoms with Gasteiger partial charge >= 0.3 is 0 Å². The van der Waals surface area contributed by atoms with Gasteiger partial charge in [0.05, 0.1) is 4.91 Å². The minimum absolute atomic E-state index is 0.169. The zero-order valence-corrected chi connectivity index (χ0v) is 11.5. The fourth-order valence-electron chi connectivity index (χ4n) is 1.51. The van der Waals surface area contributed by atoms with Crippen LogP contribution in [0.2, 0.25) is 0 Å². The Hall–Kier alpha value is -2.00. The zero-order chi connectivity index (χ0) is 13.7. The van der Waals surface area contributed by atoms with Gasteiger partial charge in [-0.2, -0.15) is 0 Å². The van der Waals surface area contributed by atoms with Gasteiger partial charge in [0.2, 0.25) is 0 Å². The molecule has 0 unspecified atom stereocenters. The molecule has 0 saturated carbocycles. The Labute approximate surface area is 117 Å². The predicted molar refractivity (Wildman–Crippen MR) is 81.2 cm³/mol. The first-order valence-corrected chi connectivity index (χ1v) is 6.76. The molecule has 0 aliphatic heterocycles. The van der Waals surface area contributed by atoms with E-state index >= 15 is 0 Å². The second-order valence-corrected chi connectivity index (χ2v) is 5.33. The number of benzene rings is 2. The summed E-state index contributed by atoms with van der Waals surface area (Å²) < 4.78 is 0. The highest BCUT2D eigenvalue weighted by Gasteiger charge is 2.08. The smallest absolute Gasteiger partial charge is 0.261 e. The van der Waals surface area contributed by atoms with E-state index in [1.165, 1.54) is 11.8 Å². The number of hydrogen-bond donors (Lipinski definition) is 1. The summed E-state index contributed by atoms with van der Waals surface area (Å²) in [5, 5.41) is 2.83. The van der Waals surface area contributed by atoms with Crippen molar-refractivity contribution in [3.8, 4) is 0 Å². The van der Waals surface area contributed by atoms with E-state index in [1.54, 1.807) is 0 Å². The summed E-state index contributed by atoms with van der Waals surface area (Å²) in [7, 11) is 0. The summed E-state index contributed by atoms with van der Waals surface area (Å²) in [6, 6.07) is 17.4. The highest BCUT2D eigenvalue weighted by Crippen LogP contribution is 2.25. The third kappa shape index (κ3) is 4.00. The summed E-state index contributed by atoms with van der Waals surface area (Å²) >= 11 is 1.37. The van der Waals surface area contributed by atoms with Crippen LogP contribution in [-0.4, -0.2) is 5.91 Å². The number of aryl methyl sites for hydroxylation is 1. The van der Waals surface area contributed by atoms with Crippen LogP contribution in [0.25, 0.3) is 0 Å². The molecule has 19 heavy (non-hydrogen) atoms. The molecule has 0 radical (unpaired) electrons. The first-order valence-electron chi connectivity index (χ1n) is 5.95. The minimum Gasteiger partial charge on any atom is -0.322 e. The molecule has 0 aliphatic carbocycles. The Kier molecular flexibility index (Phi) is 4.42. The van der Waals surface area contributed by atoms with Crippen LogP contribution in [0.4, 0.5) is 5.69 Å². The van der Waals surface area contributed by atoms with Crippen LogP contribution in [-0.2, 0) is 4.79 Å². The van der Waals surface area contributed by atoms with Gasteiger partial charge in [0, 0.05) is 10.6 Å². The molecule has 0 bridgehead atoms. The molecule has 0 heterocycles. The molecule has 0 atom stereocenters. The number of anilines is 1. The SMILES string of the molecule is C=C(Sc1ccccc1)C(=O)Nc1ccc(C)cc1. The second-order valence-electron chi connectivity index (χ2n) is 4.16. The Morgan fingerprint density at radius 1 is 1.05 bits per heavy atom. The largest absolute Gasteiger partial charge is 0.322 e. The number of carbonyl (C=O) groups is 1. The van der Waals surface area contributed by atoms with E-state index in [0.717, 1.165) is 16.1 Å². The quantitative estimate of drug-likeness (QED) is 0.664. The van der Waals surface area contributed by atoms with Crippen molar-refractivity contribution in [1.29, 1.82) is 0 Å². The summed E-state index contributed by atoms with van der Waals surface area (Å²) in [5.74, 6) is -0.169. The van der Waals surface area contributed by atoms with Gasteiger partial charge in [0.1, 0.15) is 0 Å². The van der Waals surface area contributed by atoms with Crippen LogP contribution in [0, 0.1) is 6.92 Å². The monoisotopic (exact) mass is 269 g/mol. The molecule has 2 aromatic carbocycles. The molecule has 2 rings (SSSR count). The summed E-state index contributed by atoms with van der Waals surface area (Å²) in [6.45, 7) is 5.82. The molecular weight excluding hydrogens is 254 g/mol. The van der Waals surface area contributed by atoms with Crippen molar-refractivity contribution in [3.05, 3.63) is 71.6 Å².